The van der Waals surface area contributed by atoms with Gasteiger partial charge in [-0.25, -0.2) is 14.8 Å². The average Bonchev–Trinajstić information content (AvgIpc) is 3.71. The Balaban J connectivity index is 1.56. The topological polar surface area (TPSA) is 173 Å². The van der Waals surface area contributed by atoms with E-state index in [4.69, 9.17) is 10.2 Å². The first kappa shape index (κ1) is 26.0. The second-order valence-electron chi connectivity index (χ2n) is 9.21. The summed E-state index contributed by atoms with van der Waals surface area (Å²) in [7, 11) is 0. The molecule has 12 nitrogen and oxygen atoms in total. The number of hydrogen-bond acceptors (Lipinski definition) is 7. The molecule has 1 aliphatic carbocycles. The monoisotopic (exact) mass is 511 g/mol. The van der Waals surface area contributed by atoms with Crippen molar-refractivity contribution in [1.82, 2.24) is 25.1 Å². The highest BCUT2D eigenvalue weighted by molar-refractivity contribution is 5.96. The maximum Gasteiger partial charge on any atom is 0.407 e. The van der Waals surface area contributed by atoms with Crippen molar-refractivity contribution in [3.63, 3.8) is 0 Å². The van der Waals surface area contributed by atoms with Gasteiger partial charge >= 0.3 is 12.1 Å². The fourth-order valence-corrected chi connectivity index (χ4v) is 4.40. The number of rotatable bonds is 9. The van der Waals surface area contributed by atoms with Crippen LogP contribution in [0.5, 0.6) is 0 Å². The van der Waals surface area contributed by atoms with Crippen LogP contribution in [-0.4, -0.2) is 97.8 Å². The van der Waals surface area contributed by atoms with Crippen molar-refractivity contribution in [2.75, 3.05) is 32.8 Å². The van der Waals surface area contributed by atoms with Crippen molar-refractivity contribution in [2.45, 2.75) is 31.2 Å². The summed E-state index contributed by atoms with van der Waals surface area (Å²) in [6.07, 6.45) is -0.797. The van der Waals surface area contributed by atoms with Crippen LogP contribution in [0.2, 0.25) is 0 Å². The fourth-order valence-electron chi connectivity index (χ4n) is 4.40. The molecule has 196 valence electrons. The Morgan fingerprint density at radius 1 is 1.00 bits per heavy atom. The van der Waals surface area contributed by atoms with Crippen LogP contribution >= 0.6 is 0 Å². The van der Waals surface area contributed by atoms with Crippen molar-refractivity contribution in [3.8, 4) is 11.4 Å². The molecule has 0 bridgehead atoms. The second-order valence-corrected chi connectivity index (χ2v) is 9.21. The Hall–Kier alpha value is -4.06. The van der Waals surface area contributed by atoms with E-state index in [1.165, 1.54) is 9.80 Å². The summed E-state index contributed by atoms with van der Waals surface area (Å²) in [5.74, 6) is -1.83. The highest BCUT2D eigenvalue weighted by Crippen LogP contribution is 2.46. The van der Waals surface area contributed by atoms with E-state index in [0.717, 1.165) is 6.42 Å². The summed E-state index contributed by atoms with van der Waals surface area (Å²) in [5.41, 5.74) is 1.36. The molecule has 0 radical (unpaired) electrons. The minimum atomic E-state index is -1.12. The predicted molar refractivity (Wildman–Crippen MR) is 130 cm³/mol. The van der Waals surface area contributed by atoms with Crippen LogP contribution in [0.25, 0.3) is 11.4 Å². The predicted octanol–water partition coefficient (Wildman–Crippen LogP) is 1.02. The van der Waals surface area contributed by atoms with Crippen molar-refractivity contribution in [2.24, 2.45) is 5.92 Å². The van der Waals surface area contributed by atoms with Gasteiger partial charge in [-0.15, -0.1) is 0 Å². The third-order valence-corrected chi connectivity index (χ3v) is 6.66. The van der Waals surface area contributed by atoms with E-state index in [1.807, 2.05) is 30.3 Å². The summed E-state index contributed by atoms with van der Waals surface area (Å²) in [6.45, 7) is 0.556. The van der Waals surface area contributed by atoms with Gasteiger partial charge in [0.25, 0.3) is 5.91 Å². The van der Waals surface area contributed by atoms with E-state index in [0.29, 0.717) is 17.1 Å². The van der Waals surface area contributed by atoms with E-state index in [9.17, 15) is 24.3 Å². The van der Waals surface area contributed by atoms with Gasteiger partial charge < -0.3 is 30.4 Å². The Bertz CT molecular complexity index is 1170. The molecule has 1 aromatic heterocycles. The smallest absolute Gasteiger partial charge is 0.407 e. The molecule has 4 N–H and O–H groups in total. The molecule has 4 rings (SSSR count). The van der Waals surface area contributed by atoms with Gasteiger partial charge in [-0.2, -0.15) is 0 Å². The zero-order valence-electron chi connectivity index (χ0n) is 20.1. The number of amides is 3. The SMILES string of the molecule is O=C(O)CC[C@H](NC(=O)c1cc([C@H]2C[C@@H]2CO)nc(-c2ccccc2)n1)C(=O)N1CCN(C(=O)O)CC1. The van der Waals surface area contributed by atoms with E-state index >= 15 is 0 Å². The molecule has 1 saturated carbocycles. The molecule has 0 spiro atoms. The van der Waals surface area contributed by atoms with Crippen LogP contribution in [0.1, 0.15) is 41.4 Å². The maximum absolute atomic E-state index is 13.3. The van der Waals surface area contributed by atoms with Crippen molar-refractivity contribution in [3.05, 3.63) is 47.8 Å². The minimum absolute atomic E-state index is 0.00279. The molecule has 1 aromatic carbocycles. The number of nitrogens with one attached hydrogen (secondary N) is 1. The summed E-state index contributed by atoms with van der Waals surface area (Å²) in [4.78, 5) is 60.5. The molecule has 2 aromatic rings. The average molecular weight is 512 g/mol. The lowest BCUT2D eigenvalue weighted by molar-refractivity contribution is -0.138. The number of benzene rings is 1. The Kier molecular flexibility index (Phi) is 7.97. The molecule has 12 heteroatoms. The number of carbonyl (C=O) groups is 4. The van der Waals surface area contributed by atoms with Crippen LogP contribution < -0.4 is 5.32 Å². The number of carboxylic acid groups (broad SMARTS) is 2. The zero-order valence-corrected chi connectivity index (χ0v) is 20.1. The number of aromatic nitrogens is 2. The highest BCUT2D eigenvalue weighted by Gasteiger charge is 2.40. The molecule has 3 amide bonds. The lowest BCUT2D eigenvalue weighted by Gasteiger charge is -2.35. The first-order chi connectivity index (χ1) is 17.8. The van der Waals surface area contributed by atoms with E-state index in [-0.39, 0.29) is 63.2 Å². The number of carbonyl (C=O) groups excluding carboxylic acids is 2. The van der Waals surface area contributed by atoms with E-state index < -0.39 is 29.9 Å². The minimum Gasteiger partial charge on any atom is -0.481 e. The van der Waals surface area contributed by atoms with Crippen molar-refractivity contribution < 1.29 is 34.5 Å². The molecule has 1 aliphatic heterocycles. The summed E-state index contributed by atoms with van der Waals surface area (Å²) in [6, 6.07) is 9.54. The maximum atomic E-state index is 13.3. The molecule has 2 fully saturated rings. The van der Waals surface area contributed by atoms with Gasteiger partial charge in [-0.1, -0.05) is 30.3 Å². The van der Waals surface area contributed by atoms with Crippen LogP contribution in [0, 0.1) is 5.92 Å². The third-order valence-electron chi connectivity index (χ3n) is 6.66. The van der Waals surface area contributed by atoms with E-state index in [1.54, 1.807) is 6.07 Å². The molecule has 37 heavy (non-hydrogen) atoms. The summed E-state index contributed by atoms with van der Waals surface area (Å²) < 4.78 is 0. The lowest BCUT2D eigenvalue weighted by Crippen LogP contribution is -2.55. The first-order valence-electron chi connectivity index (χ1n) is 12.1. The van der Waals surface area contributed by atoms with Gasteiger partial charge in [-0.05, 0) is 24.8 Å². The summed E-state index contributed by atoms with van der Waals surface area (Å²) >= 11 is 0. The van der Waals surface area contributed by atoms with Gasteiger partial charge in [0, 0.05) is 56.4 Å². The number of piperazine rings is 1. The van der Waals surface area contributed by atoms with Crippen molar-refractivity contribution in [1.29, 1.82) is 0 Å². The van der Waals surface area contributed by atoms with Crippen LogP contribution in [0.3, 0.4) is 0 Å². The van der Waals surface area contributed by atoms with Crippen molar-refractivity contribution >= 4 is 23.9 Å². The van der Waals surface area contributed by atoms with Gasteiger partial charge in [0.05, 0.1) is 0 Å². The molecular formula is C25H29N5O7. The number of aliphatic hydroxyl groups is 1. The Morgan fingerprint density at radius 3 is 2.27 bits per heavy atom. The quantitative estimate of drug-likeness (QED) is 0.383. The number of aliphatic hydroxyl groups excluding tert-OH is 1. The third kappa shape index (κ3) is 6.39. The van der Waals surface area contributed by atoms with Gasteiger partial charge in [0.2, 0.25) is 5.91 Å². The van der Waals surface area contributed by atoms with Crippen LogP contribution in [-0.2, 0) is 9.59 Å². The highest BCUT2D eigenvalue weighted by atomic mass is 16.4. The second kappa shape index (κ2) is 11.3. The number of carboxylic acids is 1. The zero-order chi connectivity index (χ0) is 26.5. The Labute approximate surface area is 212 Å². The standard InChI is InChI=1S/C25H29N5O7/c31-14-16-12-17(16)19-13-20(27-22(26-19)15-4-2-1-3-5-15)23(34)28-18(6-7-21(32)33)24(35)29-8-10-30(11-9-29)25(36)37/h1-5,13,16-18,31H,6-12,14H2,(H,28,34)(H,32,33)(H,36,37)/t16-,17+,18+/m1/s1. The van der Waals surface area contributed by atoms with Crippen LogP contribution in [0.15, 0.2) is 36.4 Å². The lowest BCUT2D eigenvalue weighted by atomic mass is 10.1. The number of hydrogen-bond donors (Lipinski definition) is 4. The first-order valence-corrected chi connectivity index (χ1v) is 12.1. The molecule has 3 atom stereocenters. The Morgan fingerprint density at radius 2 is 1.68 bits per heavy atom. The normalized spacial score (nSPS) is 19.7. The summed E-state index contributed by atoms with van der Waals surface area (Å²) in [5, 5.41) is 30.5. The van der Waals surface area contributed by atoms with Gasteiger partial charge in [-0.3, -0.25) is 14.4 Å². The largest absolute Gasteiger partial charge is 0.481 e. The number of nitrogens with zero attached hydrogens (tertiary/aromatic N) is 4. The van der Waals surface area contributed by atoms with Gasteiger partial charge in [0.15, 0.2) is 5.82 Å². The molecular weight excluding hydrogens is 482 g/mol. The fraction of sp³-hybridized carbons (Fsp3) is 0.440. The molecule has 1 saturated heterocycles. The van der Waals surface area contributed by atoms with E-state index in [2.05, 4.69) is 15.3 Å². The molecule has 2 heterocycles. The number of aliphatic carboxylic acids is 1. The van der Waals surface area contributed by atoms with Gasteiger partial charge in [0.1, 0.15) is 11.7 Å². The molecule has 0 unspecified atom stereocenters. The van der Waals surface area contributed by atoms with Crippen LogP contribution in [0.4, 0.5) is 4.79 Å². The molecule has 2 aliphatic rings.